The molecule has 1 atom stereocenters. The number of methoxy groups -OCH3 is 1. The fourth-order valence-corrected chi connectivity index (χ4v) is 2.08. The highest BCUT2D eigenvalue weighted by Gasteiger charge is 2.23. The molecular weight excluding hydrogens is 245 g/mol. The predicted molar refractivity (Wildman–Crippen MR) is 64.1 cm³/mol. The maximum Gasteiger partial charge on any atom is 0.228 e. The van der Waals surface area contributed by atoms with Gasteiger partial charge in [0, 0.05) is 12.8 Å². The molecule has 1 rings (SSSR count). The van der Waals surface area contributed by atoms with E-state index in [1.54, 1.807) is 11.5 Å². The quantitative estimate of drug-likeness (QED) is 0.751. The molecule has 0 fully saturated rings. The average Bonchev–Trinajstić information content (AvgIpc) is 2.54. The Hall–Kier alpha value is -1.21. The standard InChI is InChI=1S/C10H16FN3O2S/c1-6-8(7(5-16-2)9(12)15)13-10(17)14(6)4-3-11/h7H,3-5H2,1-2H3,(H2,12,15)(H,13,17). The number of nitrogens with zero attached hydrogens (tertiary/aromatic N) is 1. The Kier molecular flexibility index (Phi) is 4.83. The van der Waals surface area contributed by atoms with Gasteiger partial charge < -0.3 is 20.0 Å². The summed E-state index contributed by atoms with van der Waals surface area (Å²) in [6, 6.07) is 0. The first-order valence-corrected chi connectivity index (χ1v) is 5.57. The van der Waals surface area contributed by atoms with Crippen LogP contribution in [-0.4, -0.2) is 35.8 Å². The fourth-order valence-electron chi connectivity index (χ4n) is 1.74. The van der Waals surface area contributed by atoms with Crippen LogP contribution in [0.3, 0.4) is 0 Å². The number of amides is 1. The van der Waals surface area contributed by atoms with Gasteiger partial charge in [-0.25, -0.2) is 4.39 Å². The van der Waals surface area contributed by atoms with Gasteiger partial charge in [-0.3, -0.25) is 4.79 Å². The van der Waals surface area contributed by atoms with Crippen LogP contribution in [-0.2, 0) is 16.1 Å². The molecule has 1 unspecified atom stereocenters. The monoisotopic (exact) mass is 261 g/mol. The first kappa shape index (κ1) is 13.9. The first-order valence-electron chi connectivity index (χ1n) is 5.16. The van der Waals surface area contributed by atoms with Gasteiger partial charge in [-0.15, -0.1) is 0 Å². The summed E-state index contributed by atoms with van der Waals surface area (Å²) in [7, 11) is 1.48. The summed E-state index contributed by atoms with van der Waals surface area (Å²) in [4.78, 5) is 14.2. The second kappa shape index (κ2) is 5.92. The molecule has 1 heterocycles. The second-order valence-corrected chi connectivity index (χ2v) is 4.07. The summed E-state index contributed by atoms with van der Waals surface area (Å²) >= 11 is 5.06. The van der Waals surface area contributed by atoms with Crippen LogP contribution < -0.4 is 5.73 Å². The minimum absolute atomic E-state index is 0.166. The van der Waals surface area contributed by atoms with Crippen LogP contribution in [0.2, 0.25) is 0 Å². The molecule has 0 spiro atoms. The molecule has 0 saturated carbocycles. The molecule has 7 heteroatoms. The number of alkyl halides is 1. The minimum Gasteiger partial charge on any atom is -0.383 e. The number of aromatic amines is 1. The number of nitrogens with two attached hydrogens (primary N) is 1. The Morgan fingerprint density at radius 3 is 2.82 bits per heavy atom. The van der Waals surface area contributed by atoms with E-state index in [9.17, 15) is 9.18 Å². The van der Waals surface area contributed by atoms with E-state index in [-0.39, 0.29) is 13.2 Å². The fraction of sp³-hybridized carbons (Fsp3) is 0.600. The van der Waals surface area contributed by atoms with Crippen LogP contribution in [0.25, 0.3) is 0 Å². The maximum absolute atomic E-state index is 12.4. The molecule has 1 aromatic heterocycles. The number of hydrogen-bond acceptors (Lipinski definition) is 3. The van der Waals surface area contributed by atoms with Crippen molar-refractivity contribution in [1.29, 1.82) is 0 Å². The van der Waals surface area contributed by atoms with E-state index in [0.717, 1.165) is 0 Å². The number of aromatic nitrogens is 2. The van der Waals surface area contributed by atoms with Crippen LogP contribution in [0.4, 0.5) is 4.39 Å². The summed E-state index contributed by atoms with van der Waals surface area (Å²) in [6.45, 7) is 1.58. The van der Waals surface area contributed by atoms with Gasteiger partial charge >= 0.3 is 0 Å². The Morgan fingerprint density at radius 2 is 2.35 bits per heavy atom. The van der Waals surface area contributed by atoms with E-state index in [0.29, 0.717) is 16.2 Å². The third-order valence-corrected chi connectivity index (χ3v) is 2.94. The molecule has 1 aromatic rings. The van der Waals surface area contributed by atoms with Gasteiger partial charge in [0.05, 0.1) is 18.8 Å². The number of carbonyl (C=O) groups is 1. The lowest BCUT2D eigenvalue weighted by Gasteiger charge is -2.12. The number of nitrogens with one attached hydrogen (secondary N) is 1. The molecule has 0 aliphatic carbocycles. The van der Waals surface area contributed by atoms with E-state index in [4.69, 9.17) is 22.7 Å². The maximum atomic E-state index is 12.4. The normalized spacial score (nSPS) is 12.6. The molecule has 0 aromatic carbocycles. The number of hydrogen-bond donors (Lipinski definition) is 2. The van der Waals surface area contributed by atoms with Gasteiger partial charge in [0.25, 0.3) is 0 Å². The second-order valence-electron chi connectivity index (χ2n) is 3.68. The molecule has 96 valence electrons. The third kappa shape index (κ3) is 2.92. The Labute approximate surface area is 104 Å². The zero-order valence-electron chi connectivity index (χ0n) is 9.83. The van der Waals surface area contributed by atoms with Gasteiger partial charge in [-0.1, -0.05) is 0 Å². The van der Waals surface area contributed by atoms with Crippen molar-refractivity contribution in [2.24, 2.45) is 5.73 Å². The zero-order chi connectivity index (χ0) is 13.0. The van der Waals surface area contributed by atoms with Crippen molar-refractivity contribution >= 4 is 18.1 Å². The van der Waals surface area contributed by atoms with Crippen LogP contribution in [0.5, 0.6) is 0 Å². The number of H-pyrrole nitrogens is 1. The molecule has 0 aliphatic rings. The lowest BCUT2D eigenvalue weighted by atomic mass is 10.0. The van der Waals surface area contributed by atoms with Crippen LogP contribution in [0.15, 0.2) is 0 Å². The number of rotatable bonds is 6. The van der Waals surface area contributed by atoms with E-state index >= 15 is 0 Å². The number of halogens is 1. The molecule has 17 heavy (non-hydrogen) atoms. The first-order chi connectivity index (χ1) is 8.02. The molecule has 0 aliphatic heterocycles. The average molecular weight is 261 g/mol. The third-order valence-electron chi connectivity index (χ3n) is 2.61. The summed E-state index contributed by atoms with van der Waals surface area (Å²) < 4.78 is 19.3. The summed E-state index contributed by atoms with van der Waals surface area (Å²) in [6.07, 6.45) is 0. The topological polar surface area (TPSA) is 73.0 Å². The smallest absolute Gasteiger partial charge is 0.228 e. The van der Waals surface area contributed by atoms with Crippen molar-refractivity contribution in [3.63, 3.8) is 0 Å². The van der Waals surface area contributed by atoms with Gasteiger partial charge in [-0.05, 0) is 19.1 Å². The van der Waals surface area contributed by atoms with Crippen molar-refractivity contribution in [3.05, 3.63) is 16.2 Å². The van der Waals surface area contributed by atoms with E-state index in [1.807, 2.05) is 0 Å². The lowest BCUT2D eigenvalue weighted by Crippen LogP contribution is -2.26. The summed E-state index contributed by atoms with van der Waals surface area (Å²) in [5, 5.41) is 0. The van der Waals surface area contributed by atoms with Crippen LogP contribution >= 0.6 is 12.2 Å². The molecular formula is C10H16FN3O2S. The number of carbonyl (C=O) groups excluding carboxylic acids is 1. The van der Waals surface area contributed by atoms with Gasteiger partial charge in [0.1, 0.15) is 12.6 Å². The molecule has 0 saturated heterocycles. The Bertz CT molecular complexity index is 455. The molecule has 0 radical (unpaired) electrons. The molecule has 5 nitrogen and oxygen atoms in total. The molecule has 1 amide bonds. The largest absolute Gasteiger partial charge is 0.383 e. The van der Waals surface area contributed by atoms with Gasteiger partial charge in [0.2, 0.25) is 5.91 Å². The summed E-state index contributed by atoms with van der Waals surface area (Å²) in [5.41, 5.74) is 6.61. The Morgan fingerprint density at radius 1 is 1.71 bits per heavy atom. The van der Waals surface area contributed by atoms with Crippen LogP contribution in [0, 0.1) is 11.7 Å². The van der Waals surface area contributed by atoms with Gasteiger partial charge in [-0.2, -0.15) is 0 Å². The Balaban J connectivity index is 3.16. The predicted octanol–water partition coefficient (Wildman–Crippen LogP) is 1.04. The van der Waals surface area contributed by atoms with Crippen molar-refractivity contribution in [2.45, 2.75) is 19.4 Å². The van der Waals surface area contributed by atoms with Crippen molar-refractivity contribution in [1.82, 2.24) is 9.55 Å². The van der Waals surface area contributed by atoms with Crippen molar-refractivity contribution in [2.75, 3.05) is 20.4 Å². The summed E-state index contributed by atoms with van der Waals surface area (Å²) in [5.74, 6) is -1.10. The lowest BCUT2D eigenvalue weighted by molar-refractivity contribution is -0.120. The van der Waals surface area contributed by atoms with E-state index < -0.39 is 18.5 Å². The van der Waals surface area contributed by atoms with E-state index in [2.05, 4.69) is 4.98 Å². The highest BCUT2D eigenvalue weighted by molar-refractivity contribution is 7.71. The number of ether oxygens (including phenoxy) is 1. The minimum atomic E-state index is -0.595. The molecule has 0 bridgehead atoms. The zero-order valence-corrected chi connectivity index (χ0v) is 10.6. The number of primary amides is 1. The van der Waals surface area contributed by atoms with Gasteiger partial charge in [0.15, 0.2) is 4.77 Å². The van der Waals surface area contributed by atoms with Crippen molar-refractivity contribution < 1.29 is 13.9 Å². The molecule has 3 N–H and O–H groups in total. The number of imidazole rings is 1. The highest BCUT2D eigenvalue weighted by Crippen LogP contribution is 2.19. The van der Waals surface area contributed by atoms with Crippen molar-refractivity contribution in [3.8, 4) is 0 Å². The highest BCUT2D eigenvalue weighted by atomic mass is 32.1. The SMILES string of the molecule is COCC(C(N)=O)c1[nH]c(=S)n(CCF)c1C. The van der Waals surface area contributed by atoms with Crippen LogP contribution in [0.1, 0.15) is 17.3 Å². The van der Waals surface area contributed by atoms with E-state index in [1.165, 1.54) is 7.11 Å².